The molecule has 1 aromatic carbocycles. The van der Waals surface area contributed by atoms with Crippen molar-refractivity contribution in [1.82, 2.24) is 14.4 Å². The SMILES string of the molecule is CCC1CN(S(=O)(=O)Cc2noc3ccccc23)CCN1CC(F)F. The van der Waals surface area contributed by atoms with Crippen LogP contribution in [0.5, 0.6) is 0 Å². The van der Waals surface area contributed by atoms with Gasteiger partial charge in [0.05, 0.1) is 6.54 Å². The molecule has 0 amide bonds. The molecule has 0 radical (unpaired) electrons. The van der Waals surface area contributed by atoms with Crippen LogP contribution in [0.25, 0.3) is 11.0 Å². The van der Waals surface area contributed by atoms with Crippen LogP contribution in [0.1, 0.15) is 19.0 Å². The van der Waals surface area contributed by atoms with Crippen LogP contribution < -0.4 is 0 Å². The van der Waals surface area contributed by atoms with E-state index in [1.807, 2.05) is 6.92 Å². The lowest BCUT2D eigenvalue weighted by Crippen LogP contribution is -2.55. The van der Waals surface area contributed by atoms with Crippen molar-refractivity contribution in [1.29, 1.82) is 0 Å². The molecule has 0 N–H and O–H groups in total. The quantitative estimate of drug-likeness (QED) is 0.777. The maximum absolute atomic E-state index is 12.8. The van der Waals surface area contributed by atoms with Crippen molar-refractivity contribution in [2.24, 2.45) is 0 Å². The lowest BCUT2D eigenvalue weighted by Gasteiger charge is -2.40. The number of hydrogen-bond donors (Lipinski definition) is 0. The van der Waals surface area contributed by atoms with Gasteiger partial charge < -0.3 is 4.52 Å². The summed E-state index contributed by atoms with van der Waals surface area (Å²) in [5.74, 6) is -0.255. The maximum Gasteiger partial charge on any atom is 0.251 e. The molecule has 1 aliphatic rings. The Labute approximate surface area is 145 Å². The number of benzene rings is 1. The largest absolute Gasteiger partial charge is 0.356 e. The Morgan fingerprint density at radius 3 is 2.80 bits per heavy atom. The molecule has 9 heteroatoms. The van der Waals surface area contributed by atoms with Crippen molar-refractivity contribution in [3.8, 4) is 0 Å². The Kier molecular flexibility index (Phi) is 5.35. The number of alkyl halides is 2. The fourth-order valence-electron chi connectivity index (χ4n) is 3.23. The van der Waals surface area contributed by atoms with E-state index in [-0.39, 0.29) is 31.4 Å². The molecule has 1 unspecified atom stereocenters. The molecule has 0 saturated carbocycles. The molecule has 1 atom stereocenters. The van der Waals surface area contributed by atoms with E-state index in [1.165, 1.54) is 4.31 Å². The zero-order valence-corrected chi connectivity index (χ0v) is 14.8. The van der Waals surface area contributed by atoms with E-state index in [9.17, 15) is 17.2 Å². The summed E-state index contributed by atoms with van der Waals surface area (Å²) in [4.78, 5) is 1.67. The highest BCUT2D eigenvalue weighted by Crippen LogP contribution is 2.23. The monoisotopic (exact) mass is 373 g/mol. The van der Waals surface area contributed by atoms with Crippen LogP contribution in [0.2, 0.25) is 0 Å². The van der Waals surface area contributed by atoms with Gasteiger partial charge in [0.25, 0.3) is 6.43 Å². The number of halogens is 2. The molecular weight excluding hydrogens is 352 g/mol. The Morgan fingerprint density at radius 2 is 2.08 bits per heavy atom. The van der Waals surface area contributed by atoms with E-state index < -0.39 is 16.4 Å². The van der Waals surface area contributed by atoms with Gasteiger partial charge in [-0.25, -0.2) is 17.2 Å². The third kappa shape index (κ3) is 3.99. The van der Waals surface area contributed by atoms with E-state index in [2.05, 4.69) is 5.16 Å². The summed E-state index contributed by atoms with van der Waals surface area (Å²) in [7, 11) is -3.60. The van der Waals surface area contributed by atoms with Gasteiger partial charge in [-0.2, -0.15) is 4.31 Å². The lowest BCUT2D eigenvalue weighted by molar-refractivity contribution is 0.0382. The molecule has 0 bridgehead atoms. The zero-order chi connectivity index (χ0) is 18.0. The fraction of sp³-hybridized carbons (Fsp3) is 0.562. The first-order chi connectivity index (χ1) is 11.9. The zero-order valence-electron chi connectivity index (χ0n) is 13.9. The minimum Gasteiger partial charge on any atom is -0.356 e. The predicted molar refractivity (Wildman–Crippen MR) is 89.9 cm³/mol. The Bertz CT molecular complexity index is 825. The van der Waals surface area contributed by atoms with Crippen LogP contribution in [-0.4, -0.2) is 61.4 Å². The molecule has 0 spiro atoms. The molecule has 1 fully saturated rings. The second-order valence-electron chi connectivity index (χ2n) is 6.19. The highest BCUT2D eigenvalue weighted by atomic mass is 32.2. The van der Waals surface area contributed by atoms with Crippen LogP contribution in [0.4, 0.5) is 8.78 Å². The summed E-state index contributed by atoms with van der Waals surface area (Å²) in [5, 5.41) is 4.55. The van der Waals surface area contributed by atoms with Gasteiger partial charge in [0.1, 0.15) is 11.4 Å². The number of fused-ring (bicyclic) bond motifs is 1. The normalized spacial score (nSPS) is 20.6. The summed E-state index contributed by atoms with van der Waals surface area (Å²) < 4.78 is 57.4. The minimum absolute atomic E-state index is 0.202. The molecule has 1 aromatic heterocycles. The van der Waals surface area contributed by atoms with Crippen molar-refractivity contribution in [3.05, 3.63) is 30.0 Å². The molecule has 3 rings (SSSR count). The molecule has 2 heterocycles. The Morgan fingerprint density at radius 1 is 1.32 bits per heavy atom. The third-order valence-corrected chi connectivity index (χ3v) is 6.33. The first-order valence-corrected chi connectivity index (χ1v) is 9.85. The first-order valence-electron chi connectivity index (χ1n) is 8.24. The van der Waals surface area contributed by atoms with E-state index in [4.69, 9.17) is 4.52 Å². The van der Waals surface area contributed by atoms with Gasteiger partial charge in [-0.05, 0) is 18.6 Å². The van der Waals surface area contributed by atoms with Crippen molar-refractivity contribution in [3.63, 3.8) is 0 Å². The lowest BCUT2D eigenvalue weighted by atomic mass is 10.1. The van der Waals surface area contributed by atoms with Crippen LogP contribution in [0.3, 0.4) is 0 Å². The van der Waals surface area contributed by atoms with Crippen LogP contribution >= 0.6 is 0 Å². The van der Waals surface area contributed by atoms with Gasteiger partial charge in [-0.3, -0.25) is 4.90 Å². The number of hydrogen-bond acceptors (Lipinski definition) is 5. The number of rotatable bonds is 6. The Hall–Kier alpha value is -1.58. The summed E-state index contributed by atoms with van der Waals surface area (Å²) in [5.41, 5.74) is 0.916. The average Bonchev–Trinajstić information content (AvgIpc) is 2.97. The summed E-state index contributed by atoms with van der Waals surface area (Å²) in [6.07, 6.45) is -1.80. The first kappa shape index (κ1) is 18.2. The fourth-order valence-corrected chi connectivity index (χ4v) is 4.72. The standard InChI is InChI=1S/C16H21F2N3O3S/c1-2-12-9-21(8-7-20(12)10-16(17)18)25(22,23)11-14-13-5-3-4-6-15(13)24-19-14/h3-6,12,16H,2,7-11H2,1H3. The topological polar surface area (TPSA) is 66.7 Å². The molecule has 2 aromatic rings. The number of sulfonamides is 1. The molecule has 1 aliphatic heterocycles. The summed E-state index contributed by atoms with van der Waals surface area (Å²) in [6.45, 7) is 2.30. The molecule has 0 aliphatic carbocycles. The number of piperazine rings is 1. The minimum atomic E-state index is -3.60. The highest BCUT2D eigenvalue weighted by molar-refractivity contribution is 7.88. The van der Waals surface area contributed by atoms with Gasteiger partial charge in [0.2, 0.25) is 10.0 Å². The van der Waals surface area contributed by atoms with Gasteiger partial charge in [-0.1, -0.05) is 24.2 Å². The third-order valence-electron chi connectivity index (χ3n) is 4.58. The Balaban J connectivity index is 1.74. The van der Waals surface area contributed by atoms with E-state index in [1.54, 1.807) is 29.2 Å². The van der Waals surface area contributed by atoms with Gasteiger partial charge in [-0.15, -0.1) is 0 Å². The maximum atomic E-state index is 12.8. The summed E-state index contributed by atoms with van der Waals surface area (Å²) >= 11 is 0. The second kappa shape index (κ2) is 7.35. The van der Waals surface area contributed by atoms with Crippen molar-refractivity contribution < 1.29 is 21.7 Å². The van der Waals surface area contributed by atoms with Gasteiger partial charge in [0, 0.05) is 31.1 Å². The van der Waals surface area contributed by atoms with E-state index in [0.29, 0.717) is 29.6 Å². The van der Waals surface area contributed by atoms with Crippen molar-refractivity contribution in [2.75, 3.05) is 26.2 Å². The molecule has 25 heavy (non-hydrogen) atoms. The van der Waals surface area contributed by atoms with Crippen LogP contribution in [0.15, 0.2) is 28.8 Å². The number of nitrogens with zero attached hydrogens (tertiary/aromatic N) is 3. The number of para-hydroxylation sites is 1. The molecular formula is C16H21F2N3O3S. The molecule has 138 valence electrons. The summed E-state index contributed by atoms with van der Waals surface area (Å²) in [6, 6.07) is 6.89. The number of aromatic nitrogens is 1. The van der Waals surface area contributed by atoms with Gasteiger partial charge >= 0.3 is 0 Å². The predicted octanol–water partition coefficient (Wildman–Crippen LogP) is 2.32. The average molecular weight is 373 g/mol. The van der Waals surface area contributed by atoms with Gasteiger partial charge in [0.15, 0.2) is 5.58 Å². The van der Waals surface area contributed by atoms with Crippen molar-refractivity contribution in [2.45, 2.75) is 31.6 Å². The smallest absolute Gasteiger partial charge is 0.251 e. The van der Waals surface area contributed by atoms with E-state index in [0.717, 1.165) is 0 Å². The van der Waals surface area contributed by atoms with Crippen molar-refractivity contribution >= 4 is 21.0 Å². The van der Waals surface area contributed by atoms with Crippen LogP contribution in [0, 0.1) is 0 Å². The highest BCUT2D eigenvalue weighted by Gasteiger charge is 2.34. The second-order valence-corrected chi connectivity index (χ2v) is 8.16. The molecule has 1 saturated heterocycles. The molecule has 6 nitrogen and oxygen atoms in total. The van der Waals surface area contributed by atoms with E-state index >= 15 is 0 Å². The van der Waals surface area contributed by atoms with Crippen LogP contribution in [-0.2, 0) is 15.8 Å².